The summed E-state index contributed by atoms with van der Waals surface area (Å²) >= 11 is 0. The van der Waals surface area contributed by atoms with Gasteiger partial charge in [-0.15, -0.1) is 0 Å². The number of hydrogen-bond donors (Lipinski definition) is 0. The average molecular weight is 382 g/mol. The van der Waals surface area contributed by atoms with Gasteiger partial charge in [0.1, 0.15) is 6.04 Å². The molecular weight excluding hydrogens is 356 g/mol. The third-order valence-electron chi connectivity index (χ3n) is 7.15. The summed E-state index contributed by atoms with van der Waals surface area (Å²) in [7, 11) is 0. The number of carbonyl (C=O) groups excluding carboxylic acids is 3. The highest BCUT2D eigenvalue weighted by Crippen LogP contribution is 2.56. The van der Waals surface area contributed by atoms with Crippen molar-refractivity contribution in [2.24, 2.45) is 23.7 Å². The predicted molar refractivity (Wildman–Crippen MR) is 101 cm³/mol. The van der Waals surface area contributed by atoms with Gasteiger partial charge in [-0.1, -0.05) is 30.3 Å². The highest BCUT2D eigenvalue weighted by Gasteiger charge is 2.62. The first-order chi connectivity index (χ1) is 13.6. The minimum absolute atomic E-state index is 0.107. The Morgan fingerprint density at radius 1 is 1.00 bits per heavy atom. The zero-order valence-corrected chi connectivity index (χ0v) is 16.0. The van der Waals surface area contributed by atoms with E-state index in [2.05, 4.69) is 0 Å². The molecule has 0 N–H and O–H groups in total. The molecule has 2 saturated carbocycles. The molecule has 5 atom stereocenters. The van der Waals surface area contributed by atoms with E-state index in [1.54, 1.807) is 4.90 Å². The van der Waals surface area contributed by atoms with Crippen LogP contribution in [0.4, 0.5) is 0 Å². The molecule has 0 radical (unpaired) electrons. The van der Waals surface area contributed by atoms with Crippen LogP contribution in [-0.4, -0.2) is 59.9 Å². The van der Waals surface area contributed by atoms with Crippen LogP contribution < -0.4 is 0 Å². The number of hydrogen-bond acceptors (Lipinski definition) is 4. The Morgan fingerprint density at radius 2 is 1.61 bits per heavy atom. The molecule has 5 rings (SSSR count). The molecule has 6 heteroatoms. The van der Waals surface area contributed by atoms with Crippen LogP contribution in [0.5, 0.6) is 0 Å². The Kier molecular flexibility index (Phi) is 4.46. The lowest BCUT2D eigenvalue weighted by Crippen LogP contribution is -2.55. The summed E-state index contributed by atoms with van der Waals surface area (Å²) in [5.74, 6) is -0.0701. The van der Waals surface area contributed by atoms with E-state index < -0.39 is 6.04 Å². The molecule has 5 unspecified atom stereocenters. The van der Waals surface area contributed by atoms with E-state index in [9.17, 15) is 14.4 Å². The number of imide groups is 1. The second kappa shape index (κ2) is 6.99. The van der Waals surface area contributed by atoms with Crippen LogP contribution in [0, 0.1) is 23.7 Å². The van der Waals surface area contributed by atoms with E-state index in [1.807, 2.05) is 30.3 Å². The molecule has 2 aliphatic carbocycles. The molecule has 2 aliphatic heterocycles. The Bertz CT molecular complexity index is 761. The Balaban J connectivity index is 1.46. The number of benzene rings is 1. The average Bonchev–Trinajstić information content (AvgIpc) is 3.41. The lowest BCUT2D eigenvalue weighted by molar-refractivity contribution is -0.154. The van der Waals surface area contributed by atoms with Gasteiger partial charge in [0.15, 0.2) is 0 Å². The number of morpholine rings is 1. The zero-order chi connectivity index (χ0) is 19.3. The Morgan fingerprint density at radius 3 is 2.21 bits per heavy atom. The van der Waals surface area contributed by atoms with Gasteiger partial charge in [0.05, 0.1) is 25.0 Å². The minimum Gasteiger partial charge on any atom is -0.378 e. The van der Waals surface area contributed by atoms with Gasteiger partial charge in [-0.25, -0.2) is 0 Å². The largest absolute Gasteiger partial charge is 0.378 e. The van der Waals surface area contributed by atoms with E-state index in [4.69, 9.17) is 4.74 Å². The normalized spacial score (nSPS) is 32.7. The van der Waals surface area contributed by atoms with E-state index in [-0.39, 0.29) is 29.6 Å². The van der Waals surface area contributed by atoms with Crippen molar-refractivity contribution in [1.29, 1.82) is 0 Å². The molecule has 148 valence electrons. The van der Waals surface area contributed by atoms with Crippen LogP contribution in [0.15, 0.2) is 30.3 Å². The van der Waals surface area contributed by atoms with Crippen molar-refractivity contribution in [3.05, 3.63) is 35.9 Å². The smallest absolute Gasteiger partial charge is 0.246 e. The third-order valence-corrected chi connectivity index (χ3v) is 7.15. The summed E-state index contributed by atoms with van der Waals surface area (Å²) in [6, 6.07) is 8.94. The Labute approximate surface area is 164 Å². The van der Waals surface area contributed by atoms with Gasteiger partial charge >= 0.3 is 0 Å². The molecule has 2 bridgehead atoms. The van der Waals surface area contributed by atoms with Crippen molar-refractivity contribution in [2.45, 2.75) is 31.7 Å². The van der Waals surface area contributed by atoms with Gasteiger partial charge in [0, 0.05) is 19.5 Å². The standard InChI is InChI=1S/C22H26N2O4/c25-20(23-8-10-28-11-9-23)17(12-14-4-2-1-3-5-14)24-21(26)18-15-6-7-16(13-15)19(18)22(24)27/h1-5,15-19H,6-13H2. The lowest BCUT2D eigenvalue weighted by Gasteiger charge is -2.34. The van der Waals surface area contributed by atoms with Gasteiger partial charge < -0.3 is 9.64 Å². The van der Waals surface area contributed by atoms with Crippen molar-refractivity contribution in [3.63, 3.8) is 0 Å². The second-order valence-corrected chi connectivity index (χ2v) is 8.57. The van der Waals surface area contributed by atoms with E-state index in [0.29, 0.717) is 44.6 Å². The number of likely N-dealkylation sites (tertiary alicyclic amines) is 1. The van der Waals surface area contributed by atoms with Crippen molar-refractivity contribution < 1.29 is 19.1 Å². The summed E-state index contributed by atoms with van der Waals surface area (Å²) in [5, 5.41) is 0. The first-order valence-corrected chi connectivity index (χ1v) is 10.4. The lowest BCUT2D eigenvalue weighted by atomic mass is 9.81. The molecule has 0 spiro atoms. The summed E-state index contributed by atoms with van der Waals surface area (Å²) < 4.78 is 5.37. The number of fused-ring (bicyclic) bond motifs is 5. The molecule has 6 nitrogen and oxygen atoms in total. The highest BCUT2D eigenvalue weighted by molar-refractivity contribution is 6.09. The van der Waals surface area contributed by atoms with E-state index in [0.717, 1.165) is 24.8 Å². The molecule has 28 heavy (non-hydrogen) atoms. The number of carbonyl (C=O) groups is 3. The van der Waals surface area contributed by atoms with Gasteiger partial charge in [0.25, 0.3) is 0 Å². The first kappa shape index (κ1) is 17.9. The highest BCUT2D eigenvalue weighted by atomic mass is 16.5. The quantitative estimate of drug-likeness (QED) is 0.740. The van der Waals surface area contributed by atoms with Crippen LogP contribution >= 0.6 is 0 Å². The molecule has 3 amide bonds. The van der Waals surface area contributed by atoms with Crippen molar-refractivity contribution in [1.82, 2.24) is 9.80 Å². The summed E-state index contributed by atoms with van der Waals surface area (Å²) in [4.78, 5) is 43.1. The third kappa shape index (κ3) is 2.77. The van der Waals surface area contributed by atoms with Gasteiger partial charge in [-0.3, -0.25) is 19.3 Å². The fraction of sp³-hybridized carbons (Fsp3) is 0.591. The summed E-state index contributed by atoms with van der Waals surface area (Å²) in [6.07, 6.45) is 3.46. The molecule has 4 aliphatic rings. The SMILES string of the molecule is O=C(C(Cc1ccccc1)N1C(=O)C2C3CCC(C3)C2C1=O)N1CCOCC1. The van der Waals surface area contributed by atoms with Crippen molar-refractivity contribution in [3.8, 4) is 0 Å². The molecule has 2 saturated heterocycles. The second-order valence-electron chi connectivity index (χ2n) is 8.57. The zero-order valence-electron chi connectivity index (χ0n) is 16.0. The molecule has 1 aromatic carbocycles. The predicted octanol–water partition coefficient (Wildman–Crippen LogP) is 1.49. The first-order valence-electron chi connectivity index (χ1n) is 10.4. The van der Waals surface area contributed by atoms with Gasteiger partial charge in [-0.05, 0) is 36.7 Å². The van der Waals surface area contributed by atoms with Crippen LogP contribution in [0.3, 0.4) is 0 Å². The number of rotatable bonds is 4. The molecule has 0 aromatic heterocycles. The summed E-state index contributed by atoms with van der Waals surface area (Å²) in [6.45, 7) is 2.03. The molecule has 1 aromatic rings. The van der Waals surface area contributed by atoms with Gasteiger partial charge in [0.2, 0.25) is 17.7 Å². The maximum Gasteiger partial charge on any atom is 0.246 e. The maximum atomic E-state index is 13.4. The summed E-state index contributed by atoms with van der Waals surface area (Å²) in [5.41, 5.74) is 0.967. The van der Waals surface area contributed by atoms with Crippen molar-refractivity contribution >= 4 is 17.7 Å². The molecule has 2 heterocycles. The van der Waals surface area contributed by atoms with Crippen LogP contribution in [0.25, 0.3) is 0 Å². The topological polar surface area (TPSA) is 66.9 Å². The monoisotopic (exact) mass is 382 g/mol. The Hall–Kier alpha value is -2.21. The number of ether oxygens (including phenoxy) is 1. The molecule has 4 fully saturated rings. The van der Waals surface area contributed by atoms with Crippen molar-refractivity contribution in [2.75, 3.05) is 26.3 Å². The minimum atomic E-state index is -0.745. The van der Waals surface area contributed by atoms with Crippen LogP contribution in [-0.2, 0) is 25.5 Å². The van der Waals surface area contributed by atoms with Crippen LogP contribution in [0.1, 0.15) is 24.8 Å². The maximum absolute atomic E-state index is 13.4. The van der Waals surface area contributed by atoms with E-state index >= 15 is 0 Å². The van der Waals surface area contributed by atoms with Crippen LogP contribution in [0.2, 0.25) is 0 Å². The number of amides is 3. The van der Waals surface area contributed by atoms with E-state index in [1.165, 1.54) is 4.90 Å². The fourth-order valence-corrected chi connectivity index (χ4v) is 5.86. The number of nitrogens with zero attached hydrogens (tertiary/aromatic N) is 2. The molecular formula is C22H26N2O4. The fourth-order valence-electron chi connectivity index (χ4n) is 5.86. The van der Waals surface area contributed by atoms with Gasteiger partial charge in [-0.2, -0.15) is 0 Å².